The van der Waals surface area contributed by atoms with Gasteiger partial charge in [0.2, 0.25) is 0 Å². The van der Waals surface area contributed by atoms with Gasteiger partial charge in [-0.25, -0.2) is 0 Å². The molecule has 0 spiro atoms. The Morgan fingerprint density at radius 1 is 0.529 bits per heavy atom. The third-order valence-corrected chi connectivity index (χ3v) is 17.0. The Labute approximate surface area is 231 Å². The van der Waals surface area contributed by atoms with E-state index < -0.39 is 0 Å². The van der Waals surface area contributed by atoms with E-state index in [0.29, 0.717) is 0 Å². The highest BCUT2D eigenvalue weighted by Gasteiger charge is 2.31. The van der Waals surface area contributed by atoms with E-state index in [4.69, 9.17) is 18.9 Å². The monoisotopic (exact) mass is 590 g/mol. The molecule has 0 aliphatic rings. The summed E-state index contributed by atoms with van der Waals surface area (Å²) in [5, 5.41) is 0. The second kappa shape index (κ2) is 25.0. The quantitative estimate of drug-likeness (QED) is 0.0422. The summed E-state index contributed by atoms with van der Waals surface area (Å²) >= 11 is 0. The van der Waals surface area contributed by atoms with Crippen molar-refractivity contribution in [3.05, 3.63) is 0 Å². The first kappa shape index (κ1) is 35.7. The lowest BCUT2D eigenvalue weighted by Gasteiger charge is -2.33. The third-order valence-electron chi connectivity index (χ3n) is 5.65. The fourth-order valence-electron chi connectivity index (χ4n) is 4.16. The lowest BCUT2D eigenvalue weighted by atomic mass is 10.3. The predicted octanol–water partition coefficient (Wildman–Crippen LogP) is 7.45. The minimum Gasteiger partial charge on any atom is -0.355 e. The van der Waals surface area contributed by atoms with E-state index in [2.05, 4.69) is 41.5 Å². The predicted molar refractivity (Wildman–Crippen MR) is 167 cm³/mol. The van der Waals surface area contributed by atoms with Crippen LogP contribution in [0.5, 0.6) is 0 Å². The summed E-state index contributed by atoms with van der Waals surface area (Å²) in [5.41, 5.74) is -0.473. The summed E-state index contributed by atoms with van der Waals surface area (Å²) < 4.78 is 24.7. The van der Waals surface area contributed by atoms with Crippen molar-refractivity contribution in [3.63, 3.8) is 0 Å². The average molecular weight is 591 g/mol. The Morgan fingerprint density at radius 2 is 0.882 bits per heavy atom. The first-order valence-electron chi connectivity index (χ1n) is 13.7. The van der Waals surface area contributed by atoms with Crippen LogP contribution in [0, 0.1) is 0 Å². The lowest BCUT2D eigenvalue weighted by Crippen LogP contribution is -2.42. The van der Waals surface area contributed by atoms with Crippen molar-refractivity contribution in [2.75, 3.05) is 37.9 Å². The van der Waals surface area contributed by atoms with Crippen molar-refractivity contribution in [2.45, 2.75) is 116 Å². The molecule has 0 saturated carbocycles. The van der Waals surface area contributed by atoms with Gasteiger partial charge < -0.3 is 18.9 Å². The van der Waals surface area contributed by atoms with E-state index >= 15 is 0 Å². The van der Waals surface area contributed by atoms with Crippen molar-refractivity contribution < 1.29 is 18.9 Å². The summed E-state index contributed by atoms with van der Waals surface area (Å²) in [6.07, 6.45) is 9.58. The van der Waals surface area contributed by atoms with Gasteiger partial charge in [-0.1, -0.05) is 73.2 Å². The molecule has 0 aliphatic heterocycles. The molecule has 0 fully saturated rings. The Hall–Kier alpha value is 1.67. The van der Waals surface area contributed by atoms with Crippen LogP contribution < -0.4 is 0 Å². The molecule has 0 heterocycles. The molecule has 0 aromatic carbocycles. The summed E-state index contributed by atoms with van der Waals surface area (Å²) in [4.78, 5) is 0. The van der Waals surface area contributed by atoms with Crippen LogP contribution in [0.2, 0.25) is 12.1 Å². The van der Waals surface area contributed by atoms with Crippen molar-refractivity contribution in [2.24, 2.45) is 0 Å². The van der Waals surface area contributed by atoms with Gasteiger partial charge in [0.05, 0.1) is 19.0 Å². The number of hydrogen-bond donors (Lipinski definition) is 0. The summed E-state index contributed by atoms with van der Waals surface area (Å²) in [6, 6.07) is 2.64. The van der Waals surface area contributed by atoms with Crippen LogP contribution in [-0.4, -0.2) is 67.8 Å². The van der Waals surface area contributed by atoms with Gasteiger partial charge in [-0.15, -0.1) is 0 Å². The highest BCUT2D eigenvalue weighted by atomic mass is 33.7. The van der Waals surface area contributed by atoms with Gasteiger partial charge in [0.25, 0.3) is 0 Å². The Morgan fingerprint density at radius 3 is 1.18 bits per heavy atom. The maximum atomic E-state index is 6.18. The van der Waals surface area contributed by atoms with E-state index in [0.717, 1.165) is 63.6 Å². The molecule has 0 unspecified atom stereocenters. The molecule has 206 valence electrons. The molecule has 4 nitrogen and oxygen atoms in total. The summed E-state index contributed by atoms with van der Waals surface area (Å²) in [6.45, 7) is 15.9. The minimum absolute atomic E-state index is 0.236. The smallest absolute Gasteiger partial charge is 0.144 e. The van der Waals surface area contributed by atoms with Crippen LogP contribution in [0.25, 0.3) is 0 Å². The standard InChI is InChI=1S/C24H54O4S4Si2/c1-7-13-21-33-23(25-9-3,26-10-4)17-15-19-29-31-32-30-20-16-18-24(27-11-5,28-12-6)34-22-14-8-2/h7-22,33-34H2,1-6H3. The molecule has 0 atom stereocenters. The third kappa shape index (κ3) is 18.0. The van der Waals surface area contributed by atoms with Gasteiger partial charge in [-0.2, -0.15) is 0 Å². The zero-order valence-electron chi connectivity index (χ0n) is 23.0. The van der Waals surface area contributed by atoms with Crippen LogP contribution >= 0.6 is 41.2 Å². The van der Waals surface area contributed by atoms with Crippen molar-refractivity contribution in [1.29, 1.82) is 0 Å². The highest BCUT2D eigenvalue weighted by Crippen LogP contribution is 2.44. The fraction of sp³-hybridized carbons (Fsp3) is 1.00. The van der Waals surface area contributed by atoms with Gasteiger partial charge in [-0.05, 0) is 73.0 Å². The van der Waals surface area contributed by atoms with Crippen molar-refractivity contribution in [3.8, 4) is 0 Å². The maximum absolute atomic E-state index is 6.18. The zero-order chi connectivity index (χ0) is 25.4. The van der Waals surface area contributed by atoms with Gasteiger partial charge >= 0.3 is 0 Å². The minimum atomic E-state index is -0.383. The van der Waals surface area contributed by atoms with E-state index in [1.54, 1.807) is 0 Å². The van der Waals surface area contributed by atoms with Crippen LogP contribution in [0.15, 0.2) is 0 Å². The SMILES string of the molecule is CCCC[SiH2]C(CCCSSSSCCCC(OCC)(OCC)[SiH2]CCCC)(OCC)OCC. The van der Waals surface area contributed by atoms with Crippen LogP contribution in [0.4, 0.5) is 0 Å². The average Bonchev–Trinajstić information content (AvgIpc) is 2.81. The number of hydrogen-bond acceptors (Lipinski definition) is 8. The molecule has 0 bridgehead atoms. The molecule has 0 aromatic heterocycles. The Balaban J connectivity index is 4.14. The van der Waals surface area contributed by atoms with Crippen molar-refractivity contribution in [1.82, 2.24) is 0 Å². The second-order valence-electron chi connectivity index (χ2n) is 8.45. The number of unbranched alkanes of at least 4 members (excludes halogenated alkanes) is 2. The largest absolute Gasteiger partial charge is 0.355 e. The molecule has 0 aliphatic carbocycles. The molecule has 10 heteroatoms. The number of rotatable bonds is 27. The Bertz CT molecular complexity index is 390. The first-order chi connectivity index (χ1) is 16.6. The molecular weight excluding hydrogens is 537 g/mol. The fourth-order valence-corrected chi connectivity index (χ4v) is 15.3. The molecule has 0 rings (SSSR count). The normalized spacial score (nSPS) is 13.2. The summed E-state index contributed by atoms with van der Waals surface area (Å²) in [5.74, 6) is 2.31. The Kier molecular flexibility index (Phi) is 26.2. The molecule has 0 aromatic rings. The van der Waals surface area contributed by atoms with Gasteiger partial charge in [-0.3, -0.25) is 0 Å². The van der Waals surface area contributed by atoms with Gasteiger partial charge in [0.1, 0.15) is 10.8 Å². The van der Waals surface area contributed by atoms with E-state index in [1.807, 2.05) is 41.2 Å². The van der Waals surface area contributed by atoms with Crippen LogP contribution in [-0.2, 0) is 18.9 Å². The molecule has 0 radical (unpaired) electrons. The van der Waals surface area contributed by atoms with Crippen molar-refractivity contribution >= 4 is 60.3 Å². The molecule has 0 saturated heterocycles. The summed E-state index contributed by atoms with van der Waals surface area (Å²) in [7, 11) is 7.02. The van der Waals surface area contributed by atoms with Crippen LogP contribution in [0.1, 0.15) is 92.9 Å². The van der Waals surface area contributed by atoms with E-state index in [1.165, 1.54) is 37.8 Å². The highest BCUT2D eigenvalue weighted by molar-refractivity contribution is 9.26. The van der Waals surface area contributed by atoms with Gasteiger partial charge in [0, 0.05) is 37.9 Å². The molecule has 0 N–H and O–H groups in total. The first-order valence-corrected chi connectivity index (χ1v) is 22.3. The maximum Gasteiger partial charge on any atom is 0.144 e. The zero-order valence-corrected chi connectivity index (χ0v) is 29.1. The van der Waals surface area contributed by atoms with Gasteiger partial charge in [0.15, 0.2) is 0 Å². The number of ether oxygens (including phenoxy) is 4. The molecule has 0 amide bonds. The van der Waals surface area contributed by atoms with E-state index in [-0.39, 0.29) is 29.9 Å². The van der Waals surface area contributed by atoms with Crippen LogP contribution in [0.3, 0.4) is 0 Å². The lowest BCUT2D eigenvalue weighted by molar-refractivity contribution is -0.179. The van der Waals surface area contributed by atoms with E-state index in [9.17, 15) is 0 Å². The molecule has 34 heavy (non-hydrogen) atoms. The topological polar surface area (TPSA) is 36.9 Å². The molecular formula is C24H54O4S4Si2. The second-order valence-corrected chi connectivity index (χ2v) is 19.3.